The molecule has 3 heterocycles. The van der Waals surface area contributed by atoms with Crippen molar-refractivity contribution in [3.05, 3.63) is 35.8 Å². The molecule has 1 N–H and O–H groups in total. The molecule has 6 nitrogen and oxygen atoms in total. The molecule has 2 aromatic heterocycles. The van der Waals surface area contributed by atoms with Crippen LogP contribution in [0.25, 0.3) is 5.65 Å². The van der Waals surface area contributed by atoms with Gasteiger partial charge in [0.1, 0.15) is 11.2 Å². The minimum atomic E-state index is -0.716. The van der Waals surface area contributed by atoms with Gasteiger partial charge in [0.15, 0.2) is 0 Å². The summed E-state index contributed by atoms with van der Waals surface area (Å²) < 4.78 is 1.94. The second kappa shape index (κ2) is 6.61. The summed E-state index contributed by atoms with van der Waals surface area (Å²) >= 11 is 0. The van der Waals surface area contributed by atoms with E-state index in [0.717, 1.165) is 49.0 Å². The van der Waals surface area contributed by atoms with Crippen molar-refractivity contribution >= 4 is 17.6 Å². The molecule has 0 bridgehead atoms. The molecule has 4 rings (SSSR count). The van der Waals surface area contributed by atoms with Crippen LogP contribution in [0.4, 0.5) is 4.79 Å². The van der Waals surface area contributed by atoms with Crippen LogP contribution in [0.5, 0.6) is 0 Å². The number of pyridine rings is 1. The number of fused-ring (bicyclic) bond motifs is 1. The van der Waals surface area contributed by atoms with Gasteiger partial charge in [-0.2, -0.15) is 0 Å². The Morgan fingerprint density at radius 2 is 2.00 bits per heavy atom. The lowest BCUT2D eigenvalue weighted by Crippen LogP contribution is -2.50. The van der Waals surface area contributed by atoms with Gasteiger partial charge >= 0.3 is 6.03 Å². The summed E-state index contributed by atoms with van der Waals surface area (Å²) in [5.74, 6) is 0.516. The molecule has 1 saturated heterocycles. The third kappa shape index (κ3) is 2.99. The summed E-state index contributed by atoms with van der Waals surface area (Å²) in [6, 6.07) is 3.68. The molecule has 0 aromatic carbocycles. The summed E-state index contributed by atoms with van der Waals surface area (Å²) in [6.45, 7) is 9.07. The number of amides is 3. The van der Waals surface area contributed by atoms with Crippen LogP contribution < -0.4 is 5.32 Å². The third-order valence-electron chi connectivity index (χ3n) is 7.15. The molecule has 0 atom stereocenters. The van der Waals surface area contributed by atoms with Crippen molar-refractivity contribution in [2.75, 3.05) is 0 Å². The summed E-state index contributed by atoms with van der Waals surface area (Å²) in [5, 5.41) is 3.03. The highest BCUT2D eigenvalue weighted by atomic mass is 16.2. The number of hydrogen-bond acceptors (Lipinski definition) is 3. The van der Waals surface area contributed by atoms with Crippen LogP contribution in [-0.2, 0) is 11.3 Å². The molecule has 1 saturated carbocycles. The first kappa shape index (κ1) is 19.0. The molecule has 2 aliphatic rings. The van der Waals surface area contributed by atoms with Gasteiger partial charge in [0.05, 0.1) is 12.2 Å². The van der Waals surface area contributed by atoms with Crippen molar-refractivity contribution in [3.63, 3.8) is 0 Å². The lowest BCUT2D eigenvalue weighted by molar-refractivity contribution is -0.133. The van der Waals surface area contributed by atoms with Crippen LogP contribution in [0.15, 0.2) is 24.5 Å². The van der Waals surface area contributed by atoms with E-state index >= 15 is 0 Å². The Morgan fingerprint density at radius 1 is 1.29 bits per heavy atom. The second-order valence-corrected chi connectivity index (χ2v) is 9.17. The molecule has 28 heavy (non-hydrogen) atoms. The second-order valence-electron chi connectivity index (χ2n) is 9.17. The number of imide groups is 1. The van der Waals surface area contributed by atoms with Gasteiger partial charge in [-0.05, 0) is 55.6 Å². The zero-order valence-electron chi connectivity index (χ0n) is 17.3. The monoisotopic (exact) mass is 382 g/mol. The van der Waals surface area contributed by atoms with Gasteiger partial charge in [-0.1, -0.05) is 33.3 Å². The molecular formula is C22H30N4O2. The third-order valence-corrected chi connectivity index (χ3v) is 7.15. The predicted molar refractivity (Wildman–Crippen MR) is 108 cm³/mol. The zero-order chi connectivity index (χ0) is 20.1. The van der Waals surface area contributed by atoms with E-state index in [1.54, 1.807) is 0 Å². The molecule has 1 aliphatic carbocycles. The first-order valence-corrected chi connectivity index (χ1v) is 10.3. The number of imidazole rings is 1. The lowest BCUT2D eigenvalue weighted by atomic mass is 9.65. The summed E-state index contributed by atoms with van der Waals surface area (Å²) in [4.78, 5) is 31.8. The predicted octanol–water partition coefficient (Wildman–Crippen LogP) is 4.06. The number of rotatable bonds is 4. The van der Waals surface area contributed by atoms with E-state index in [9.17, 15) is 9.59 Å². The van der Waals surface area contributed by atoms with Crippen LogP contribution >= 0.6 is 0 Å². The van der Waals surface area contributed by atoms with Crippen molar-refractivity contribution in [1.29, 1.82) is 0 Å². The number of aromatic nitrogens is 2. The highest BCUT2D eigenvalue weighted by molar-refractivity contribution is 6.07. The number of carbonyl (C=O) groups excluding carboxylic acids is 2. The number of aryl methyl sites for hydroxylation is 1. The van der Waals surface area contributed by atoms with Crippen LogP contribution in [0.3, 0.4) is 0 Å². The Labute approximate surface area is 166 Å². The van der Waals surface area contributed by atoms with Gasteiger partial charge in [0.25, 0.3) is 5.91 Å². The fourth-order valence-corrected chi connectivity index (χ4v) is 4.78. The van der Waals surface area contributed by atoms with Gasteiger partial charge in [0.2, 0.25) is 0 Å². The van der Waals surface area contributed by atoms with Crippen molar-refractivity contribution in [2.24, 2.45) is 11.3 Å². The number of hydrogen-bond donors (Lipinski definition) is 1. The first-order chi connectivity index (χ1) is 13.3. The summed E-state index contributed by atoms with van der Waals surface area (Å²) in [5.41, 5.74) is 2.23. The maximum absolute atomic E-state index is 13.2. The standard InChI is InChI=1S/C22H30N4O2/c1-5-21(3,4)16-8-10-22(11-9-16)19(27)26(20(28)24-22)14-17-13-25-12-6-7-15(2)18(25)23-17/h6-7,12-13,16H,5,8-11,14H2,1-4H3,(H,24,28). The van der Waals surface area contributed by atoms with Crippen LogP contribution in [0.1, 0.15) is 64.1 Å². The normalized spacial score (nSPS) is 25.7. The Hall–Kier alpha value is -2.37. The summed E-state index contributed by atoms with van der Waals surface area (Å²) in [7, 11) is 0. The zero-order valence-corrected chi connectivity index (χ0v) is 17.3. The molecule has 0 unspecified atom stereocenters. The van der Waals surface area contributed by atoms with Crippen LogP contribution in [0.2, 0.25) is 0 Å². The molecule has 150 valence electrons. The summed E-state index contributed by atoms with van der Waals surface area (Å²) in [6.07, 6.45) is 8.38. The molecule has 1 aliphatic heterocycles. The fourth-order valence-electron chi connectivity index (χ4n) is 4.78. The molecule has 2 aromatic rings. The molecule has 3 amide bonds. The van der Waals surface area contributed by atoms with Gasteiger partial charge in [0, 0.05) is 12.4 Å². The molecular weight excluding hydrogens is 352 g/mol. The highest BCUT2D eigenvalue weighted by Crippen LogP contribution is 2.45. The van der Waals surface area contributed by atoms with Crippen molar-refractivity contribution < 1.29 is 9.59 Å². The molecule has 0 radical (unpaired) electrons. The maximum atomic E-state index is 13.2. The quantitative estimate of drug-likeness (QED) is 0.811. The number of nitrogens with zero attached hydrogens (tertiary/aromatic N) is 3. The van der Waals surface area contributed by atoms with Crippen LogP contribution in [0, 0.1) is 18.3 Å². The Morgan fingerprint density at radius 3 is 2.64 bits per heavy atom. The minimum absolute atomic E-state index is 0.0842. The minimum Gasteiger partial charge on any atom is -0.323 e. The molecule has 2 fully saturated rings. The number of carbonyl (C=O) groups is 2. The molecule has 6 heteroatoms. The Balaban J connectivity index is 1.51. The average Bonchev–Trinajstić information content (AvgIpc) is 3.18. The number of urea groups is 1. The number of nitrogens with one attached hydrogen (secondary N) is 1. The van der Waals surface area contributed by atoms with E-state index in [4.69, 9.17) is 0 Å². The van der Waals surface area contributed by atoms with E-state index in [-0.39, 0.29) is 23.9 Å². The van der Waals surface area contributed by atoms with E-state index in [1.165, 1.54) is 4.90 Å². The van der Waals surface area contributed by atoms with E-state index in [2.05, 4.69) is 31.1 Å². The fraction of sp³-hybridized carbons (Fsp3) is 0.591. The Kier molecular flexibility index (Phi) is 4.47. The van der Waals surface area contributed by atoms with Gasteiger partial charge in [-0.3, -0.25) is 9.69 Å². The largest absolute Gasteiger partial charge is 0.325 e. The van der Waals surface area contributed by atoms with Crippen molar-refractivity contribution in [1.82, 2.24) is 19.6 Å². The maximum Gasteiger partial charge on any atom is 0.325 e. The van der Waals surface area contributed by atoms with Crippen LogP contribution in [-0.4, -0.2) is 31.8 Å². The highest BCUT2D eigenvalue weighted by Gasteiger charge is 2.53. The van der Waals surface area contributed by atoms with Gasteiger partial charge in [-0.25, -0.2) is 9.78 Å². The first-order valence-electron chi connectivity index (χ1n) is 10.3. The smallest absolute Gasteiger partial charge is 0.323 e. The van der Waals surface area contributed by atoms with E-state index < -0.39 is 5.54 Å². The SMILES string of the molecule is CCC(C)(C)C1CCC2(CC1)NC(=O)N(Cc1cn3cccc(C)c3n1)C2=O. The van der Waals surface area contributed by atoms with Gasteiger partial charge < -0.3 is 9.72 Å². The van der Waals surface area contributed by atoms with E-state index in [1.807, 2.05) is 35.9 Å². The van der Waals surface area contributed by atoms with Crippen molar-refractivity contribution in [3.8, 4) is 0 Å². The average molecular weight is 383 g/mol. The van der Waals surface area contributed by atoms with E-state index in [0.29, 0.717) is 5.92 Å². The van der Waals surface area contributed by atoms with Gasteiger partial charge in [-0.15, -0.1) is 0 Å². The Bertz CT molecular complexity index is 922. The molecule has 1 spiro atoms. The topological polar surface area (TPSA) is 66.7 Å². The van der Waals surface area contributed by atoms with Crippen molar-refractivity contribution in [2.45, 2.75) is 71.9 Å². The lowest BCUT2D eigenvalue weighted by Gasteiger charge is -2.42.